The Morgan fingerprint density at radius 3 is 0.608 bits per heavy atom. The van der Waals surface area contributed by atoms with Gasteiger partial charge in [0.05, 0.1) is 89.0 Å². The Morgan fingerprint density at radius 2 is 0.346 bits per heavy atom. The Kier molecular flexibility index (Phi) is 17.8. The second-order valence-corrected chi connectivity index (χ2v) is 33.7. The van der Waals surface area contributed by atoms with Crippen molar-refractivity contribution >= 4 is 143 Å². The van der Waals surface area contributed by atoms with Gasteiger partial charge in [-0.1, -0.05) is 298 Å². The van der Waals surface area contributed by atoms with E-state index in [4.69, 9.17) is 9.97 Å². The molecule has 608 valence electrons. The van der Waals surface area contributed by atoms with E-state index in [1.165, 1.54) is 120 Å². The molecule has 8 heteroatoms. The number of hydrogen-bond donors (Lipinski definition) is 0. The summed E-state index contributed by atoms with van der Waals surface area (Å²) in [6.07, 6.45) is 3.84. The summed E-state index contributed by atoms with van der Waals surface area (Å²) >= 11 is 0. The summed E-state index contributed by atoms with van der Waals surface area (Å²) in [5.74, 6) is 0. The average molecular weight is 1660 g/mol. The first-order chi connectivity index (χ1) is 64.4. The van der Waals surface area contributed by atoms with E-state index in [1.54, 1.807) is 0 Å². The number of rotatable bonds is 14. The lowest BCUT2D eigenvalue weighted by Gasteiger charge is -2.15. The van der Waals surface area contributed by atoms with E-state index in [-0.39, 0.29) is 0 Å². The molecule has 18 aromatic carbocycles. The molecule has 0 aliphatic carbocycles. The second kappa shape index (κ2) is 30.7. The lowest BCUT2D eigenvalue weighted by molar-refractivity contribution is 1.17. The predicted molar refractivity (Wildman–Crippen MR) is 547 cm³/mol. The van der Waals surface area contributed by atoms with E-state index in [0.717, 1.165) is 124 Å². The molecule has 0 fully saturated rings. The van der Waals surface area contributed by atoms with Crippen LogP contribution in [0, 0.1) is 0 Å². The van der Waals surface area contributed by atoms with Crippen molar-refractivity contribution in [2.75, 3.05) is 0 Å². The third-order valence-corrected chi connectivity index (χ3v) is 26.3. The fourth-order valence-corrected chi connectivity index (χ4v) is 20.4. The van der Waals surface area contributed by atoms with Crippen molar-refractivity contribution in [2.24, 2.45) is 0 Å². The normalized spacial score (nSPS) is 11.8. The summed E-state index contributed by atoms with van der Waals surface area (Å²) < 4.78 is 14.3. The lowest BCUT2D eigenvalue weighted by atomic mass is 9.99. The zero-order valence-electron chi connectivity index (χ0n) is 70.9. The Morgan fingerprint density at radius 1 is 0.146 bits per heavy atom. The van der Waals surface area contributed by atoms with E-state index < -0.39 is 0 Å². The molecule has 0 saturated heterocycles. The van der Waals surface area contributed by atoms with Gasteiger partial charge >= 0.3 is 0 Å². The number of hydrogen-bond acceptors (Lipinski definition) is 2. The van der Waals surface area contributed by atoms with Crippen LogP contribution in [0.5, 0.6) is 0 Å². The van der Waals surface area contributed by atoms with Gasteiger partial charge in [0.25, 0.3) is 0 Å². The number of aromatic nitrogens is 8. The van der Waals surface area contributed by atoms with E-state index in [0.29, 0.717) is 0 Å². The largest absolute Gasteiger partial charge is 0.309 e. The van der Waals surface area contributed by atoms with Gasteiger partial charge in [0.1, 0.15) is 0 Å². The summed E-state index contributed by atoms with van der Waals surface area (Å²) in [7, 11) is 0. The minimum Gasteiger partial charge on any atom is -0.309 e. The molecular weight excluding hydrogens is 1580 g/mol. The van der Waals surface area contributed by atoms with Gasteiger partial charge in [0.2, 0.25) is 0 Å². The fourth-order valence-electron chi connectivity index (χ4n) is 20.4. The van der Waals surface area contributed by atoms with Crippen LogP contribution in [0.2, 0.25) is 0 Å². The maximum Gasteiger partial charge on any atom is 0.0716 e. The Labute approximate surface area is 749 Å². The van der Waals surface area contributed by atoms with Gasteiger partial charge < -0.3 is 27.4 Å². The zero-order valence-corrected chi connectivity index (χ0v) is 70.9. The van der Waals surface area contributed by atoms with E-state index in [2.05, 4.69) is 489 Å². The van der Waals surface area contributed by atoms with E-state index in [9.17, 15) is 0 Å². The number of fused-ring (bicyclic) bond motifs is 18. The van der Waals surface area contributed by atoms with Crippen molar-refractivity contribution in [3.8, 4) is 101 Å². The molecule has 0 aliphatic heterocycles. The molecule has 0 spiro atoms. The monoisotopic (exact) mass is 1660 g/mol. The van der Waals surface area contributed by atoms with Crippen molar-refractivity contribution < 1.29 is 0 Å². The molecule has 0 atom stereocenters. The minimum absolute atomic E-state index is 0.903. The van der Waals surface area contributed by atoms with Crippen LogP contribution in [0.25, 0.3) is 244 Å². The highest BCUT2D eigenvalue weighted by atomic mass is 15.0. The van der Waals surface area contributed by atoms with Crippen molar-refractivity contribution in [1.29, 1.82) is 0 Å². The summed E-state index contributed by atoms with van der Waals surface area (Å²) in [5.41, 5.74) is 35.0. The fraction of sp³-hybridized carbons (Fsp3) is 0. The van der Waals surface area contributed by atoms with Crippen LogP contribution in [0.3, 0.4) is 0 Å². The molecule has 8 aromatic heterocycles. The molecule has 0 N–H and O–H groups in total. The van der Waals surface area contributed by atoms with Crippen LogP contribution >= 0.6 is 0 Å². The Balaban J connectivity index is 0.000000140. The van der Waals surface area contributed by atoms with Gasteiger partial charge in [-0.2, -0.15) is 0 Å². The quantitative estimate of drug-likeness (QED) is 0.109. The molecular formula is C122H80N8. The standard InChI is InChI=1S/2C61H40N4/c1-2-40-32-33-61-53(34-40)52-26-7-12-31-60(52)65(61)45-19-13-16-41(35-45)44-38-54(42-17-14-20-46(36-42)63-56-27-8-3-22-48(56)49-23-4-9-28-57(49)63)62-55(39-44)43-18-15-21-47(37-43)64-58-29-10-5-24-50(58)51-25-6-11-30-59(51)64;1-2-40-32-33-53-52-26-7-12-31-60(52)65(61(53)34-40)45-19-13-16-41(35-45)44-38-54(42-17-14-20-46(36-42)63-56-27-8-3-22-48(56)49-23-4-9-28-57(49)63)62-55(39-44)43-18-15-21-47(37-43)64-58-29-10-5-24-50(58)51-25-6-11-30-59(51)64/h2*2-39H,1H2. The second-order valence-electron chi connectivity index (χ2n) is 33.7. The highest BCUT2D eigenvalue weighted by Gasteiger charge is 2.23. The Bertz CT molecular complexity index is 8570. The molecule has 8 heterocycles. The lowest BCUT2D eigenvalue weighted by Crippen LogP contribution is -1.97. The summed E-state index contributed by atoms with van der Waals surface area (Å²) in [6, 6.07) is 162. The van der Waals surface area contributed by atoms with E-state index in [1.807, 2.05) is 12.2 Å². The molecule has 26 aromatic rings. The van der Waals surface area contributed by atoms with Crippen molar-refractivity contribution in [2.45, 2.75) is 0 Å². The third-order valence-electron chi connectivity index (χ3n) is 26.3. The number of para-hydroxylation sites is 10. The van der Waals surface area contributed by atoms with Crippen LogP contribution in [0.4, 0.5) is 0 Å². The molecule has 130 heavy (non-hydrogen) atoms. The maximum absolute atomic E-state index is 5.53. The van der Waals surface area contributed by atoms with Crippen LogP contribution in [-0.4, -0.2) is 37.4 Å². The smallest absolute Gasteiger partial charge is 0.0716 e. The van der Waals surface area contributed by atoms with Crippen molar-refractivity contribution in [3.05, 3.63) is 473 Å². The first-order valence-electron chi connectivity index (χ1n) is 44.3. The highest BCUT2D eigenvalue weighted by molar-refractivity contribution is 6.15. The van der Waals surface area contributed by atoms with Gasteiger partial charge in [-0.25, -0.2) is 9.97 Å². The van der Waals surface area contributed by atoms with E-state index >= 15 is 0 Å². The van der Waals surface area contributed by atoms with Crippen LogP contribution < -0.4 is 0 Å². The van der Waals surface area contributed by atoms with Gasteiger partial charge in [-0.3, -0.25) is 0 Å². The third kappa shape index (κ3) is 12.4. The topological polar surface area (TPSA) is 55.4 Å². The number of benzene rings is 18. The maximum atomic E-state index is 5.53. The number of pyridine rings is 2. The molecule has 8 nitrogen and oxygen atoms in total. The first kappa shape index (κ1) is 75.1. The molecule has 0 amide bonds. The minimum atomic E-state index is 0.903. The molecule has 0 saturated carbocycles. The molecule has 0 aliphatic rings. The highest BCUT2D eigenvalue weighted by Crippen LogP contribution is 2.44. The average Bonchev–Trinajstić information content (AvgIpc) is 1.61. The summed E-state index contributed by atoms with van der Waals surface area (Å²) in [6.45, 7) is 8.14. The van der Waals surface area contributed by atoms with Gasteiger partial charge in [0, 0.05) is 121 Å². The summed E-state index contributed by atoms with van der Waals surface area (Å²) in [4.78, 5) is 11.1. The zero-order chi connectivity index (χ0) is 86.0. The summed E-state index contributed by atoms with van der Waals surface area (Å²) in [5, 5.41) is 14.8. The number of nitrogens with zero attached hydrogens (tertiary/aromatic N) is 8. The first-order valence-corrected chi connectivity index (χ1v) is 44.3. The van der Waals surface area contributed by atoms with Gasteiger partial charge in [-0.15, -0.1) is 0 Å². The molecule has 26 rings (SSSR count). The Hall–Kier alpha value is -17.5. The van der Waals surface area contributed by atoms with Crippen LogP contribution in [-0.2, 0) is 0 Å². The van der Waals surface area contributed by atoms with Crippen molar-refractivity contribution in [1.82, 2.24) is 37.4 Å². The van der Waals surface area contributed by atoms with Crippen molar-refractivity contribution in [3.63, 3.8) is 0 Å². The molecule has 0 radical (unpaired) electrons. The van der Waals surface area contributed by atoms with Gasteiger partial charge in [-0.05, 0) is 209 Å². The molecule has 0 unspecified atom stereocenters. The SMILES string of the molecule is C=Cc1ccc2c(c1)c1ccccc1n2-c1cccc(-c2cc(-c3cccc(-n4c5ccccc5c5ccccc54)c3)nc(-c3cccc(-n4c5ccccc5c5ccccc54)c3)c2)c1.C=Cc1ccc2c3ccccc3n(-c3cccc(-c4cc(-c5cccc(-n6c7ccccc7c7ccccc76)c5)nc(-c5cccc(-n6c7ccccc7c7ccccc76)c5)c4)c3)c2c1. The van der Waals surface area contributed by atoms with Gasteiger partial charge in [0.15, 0.2) is 0 Å². The van der Waals surface area contributed by atoms with Crippen LogP contribution in [0.1, 0.15) is 11.1 Å². The molecule has 0 bridgehead atoms. The predicted octanol–water partition coefficient (Wildman–Crippen LogP) is 32.0. The van der Waals surface area contributed by atoms with Crippen LogP contribution in [0.15, 0.2) is 462 Å².